The van der Waals surface area contributed by atoms with Crippen molar-refractivity contribution in [3.05, 3.63) is 45.5 Å². The van der Waals surface area contributed by atoms with Crippen molar-refractivity contribution in [1.82, 2.24) is 10.6 Å². The fourth-order valence-corrected chi connectivity index (χ4v) is 3.76. The summed E-state index contributed by atoms with van der Waals surface area (Å²) in [6.45, 7) is 3.64. The van der Waals surface area contributed by atoms with E-state index in [2.05, 4.69) is 16.7 Å². The van der Waals surface area contributed by atoms with E-state index in [1.54, 1.807) is 26.0 Å². The number of hydrogen-bond donors (Lipinski definition) is 2. The molecular weight excluding hydrogens is 372 g/mol. The first-order valence-corrected chi connectivity index (χ1v) is 9.15. The first-order valence-electron chi connectivity index (χ1n) is 7.79. The maximum Gasteiger partial charge on any atom is 0.243 e. The molecule has 8 heteroatoms. The van der Waals surface area contributed by atoms with Crippen LogP contribution < -0.4 is 10.6 Å². The molecule has 0 radical (unpaired) electrons. The van der Waals surface area contributed by atoms with Crippen molar-refractivity contribution in [1.29, 1.82) is 10.5 Å². The van der Waals surface area contributed by atoms with Gasteiger partial charge in [0.15, 0.2) is 0 Å². The number of carbonyl (C=O) groups excluding carboxylic acids is 2. The van der Waals surface area contributed by atoms with E-state index in [1.165, 1.54) is 0 Å². The highest BCUT2D eigenvalue weighted by atomic mass is 35.5. The lowest BCUT2D eigenvalue weighted by atomic mass is 9.72. The summed E-state index contributed by atoms with van der Waals surface area (Å²) in [4.78, 5) is 24.2. The zero-order chi connectivity index (χ0) is 19.3. The van der Waals surface area contributed by atoms with Crippen LogP contribution in [0.4, 0.5) is 0 Å². The average Bonchev–Trinajstić information content (AvgIpc) is 2.58. The monoisotopic (exact) mass is 388 g/mol. The number of nitrogens with one attached hydrogen (secondary N) is 2. The second-order valence-electron chi connectivity index (χ2n) is 6.25. The smallest absolute Gasteiger partial charge is 0.243 e. The number of nitrogens with zero attached hydrogens (tertiary/aromatic N) is 2. The van der Waals surface area contributed by atoms with Gasteiger partial charge >= 0.3 is 0 Å². The van der Waals surface area contributed by atoms with Crippen molar-refractivity contribution in [2.24, 2.45) is 11.3 Å². The van der Waals surface area contributed by atoms with Gasteiger partial charge in [-0.15, -0.1) is 0 Å². The van der Waals surface area contributed by atoms with Crippen LogP contribution in [0, 0.1) is 34.0 Å². The van der Waals surface area contributed by atoms with Crippen LogP contribution in [0.5, 0.6) is 0 Å². The lowest BCUT2D eigenvalue weighted by Crippen LogP contribution is -2.44. The molecule has 0 saturated carbocycles. The van der Waals surface area contributed by atoms with Crippen LogP contribution in [0.15, 0.2) is 34.9 Å². The summed E-state index contributed by atoms with van der Waals surface area (Å²) in [6, 6.07) is 11.2. The van der Waals surface area contributed by atoms with Crippen molar-refractivity contribution in [2.45, 2.75) is 20.4 Å². The number of amides is 2. The molecule has 0 aliphatic carbocycles. The number of nitriles is 2. The number of halogens is 1. The SMILES string of the molecule is CC1(C)C(C#N)=C(SCC(=O)NCc2ccccc2Cl)NC(=O)[C@H]1C#N. The Kier molecular flexibility index (Phi) is 6.31. The third-order valence-corrected chi connectivity index (χ3v) is 5.48. The van der Waals surface area contributed by atoms with Gasteiger partial charge in [-0.1, -0.05) is 55.4 Å². The summed E-state index contributed by atoms with van der Waals surface area (Å²) in [5.41, 5.74) is 0.184. The molecule has 1 aromatic carbocycles. The first kappa shape index (κ1) is 19.8. The largest absolute Gasteiger partial charge is 0.351 e. The van der Waals surface area contributed by atoms with Crippen LogP contribution >= 0.6 is 23.4 Å². The molecular formula is C18H17ClN4O2S. The molecule has 2 amide bonds. The van der Waals surface area contributed by atoms with Crippen LogP contribution in [0.2, 0.25) is 5.02 Å². The maximum absolute atomic E-state index is 12.1. The van der Waals surface area contributed by atoms with Crippen molar-refractivity contribution in [3.8, 4) is 12.1 Å². The van der Waals surface area contributed by atoms with Crippen LogP contribution in [-0.2, 0) is 16.1 Å². The van der Waals surface area contributed by atoms with Gasteiger partial charge in [0.1, 0.15) is 5.92 Å². The zero-order valence-corrected chi connectivity index (χ0v) is 15.9. The van der Waals surface area contributed by atoms with Gasteiger partial charge in [-0.25, -0.2) is 0 Å². The Balaban J connectivity index is 2.03. The number of benzene rings is 1. The van der Waals surface area contributed by atoms with Gasteiger partial charge in [-0.3, -0.25) is 9.59 Å². The van der Waals surface area contributed by atoms with Gasteiger partial charge in [0.25, 0.3) is 0 Å². The molecule has 0 spiro atoms. The second kappa shape index (κ2) is 8.27. The van der Waals surface area contributed by atoms with Crippen LogP contribution in [0.3, 0.4) is 0 Å². The number of hydrogen-bond acceptors (Lipinski definition) is 5. The van der Waals surface area contributed by atoms with Crippen molar-refractivity contribution in [2.75, 3.05) is 5.75 Å². The van der Waals surface area contributed by atoms with Gasteiger partial charge in [-0.2, -0.15) is 10.5 Å². The normalized spacial score (nSPS) is 18.5. The van der Waals surface area contributed by atoms with Gasteiger partial charge in [-0.05, 0) is 11.6 Å². The molecule has 0 unspecified atom stereocenters. The van der Waals surface area contributed by atoms with E-state index in [4.69, 9.17) is 11.6 Å². The predicted octanol–water partition coefficient (Wildman–Crippen LogP) is 2.72. The molecule has 0 aromatic heterocycles. The highest BCUT2D eigenvalue weighted by Gasteiger charge is 2.44. The summed E-state index contributed by atoms with van der Waals surface area (Å²) in [5.74, 6) is -1.64. The molecule has 0 bridgehead atoms. The highest BCUT2D eigenvalue weighted by molar-refractivity contribution is 8.03. The van der Waals surface area contributed by atoms with Crippen LogP contribution in [0.1, 0.15) is 19.4 Å². The quantitative estimate of drug-likeness (QED) is 0.806. The molecule has 1 aliphatic heterocycles. The summed E-state index contributed by atoms with van der Waals surface area (Å²) < 4.78 is 0. The number of allylic oxidation sites excluding steroid dienone is 1. The van der Waals surface area contributed by atoms with Gasteiger partial charge in [0.2, 0.25) is 11.8 Å². The fourth-order valence-electron chi connectivity index (χ4n) is 2.56. The third kappa shape index (κ3) is 4.19. The van der Waals surface area contributed by atoms with Crippen molar-refractivity contribution in [3.63, 3.8) is 0 Å². The molecule has 1 atom stereocenters. The maximum atomic E-state index is 12.1. The zero-order valence-electron chi connectivity index (χ0n) is 14.3. The Morgan fingerprint density at radius 3 is 2.69 bits per heavy atom. The highest BCUT2D eigenvalue weighted by Crippen LogP contribution is 2.41. The van der Waals surface area contributed by atoms with E-state index >= 15 is 0 Å². The number of carbonyl (C=O) groups is 2. The van der Waals surface area contributed by atoms with E-state index in [-0.39, 0.29) is 18.2 Å². The molecule has 1 aromatic rings. The Labute approximate surface area is 161 Å². The Bertz CT molecular complexity index is 851. The Hall–Kier alpha value is -2.48. The molecule has 2 rings (SSSR count). The fraction of sp³-hybridized carbons (Fsp3) is 0.333. The second-order valence-corrected chi connectivity index (χ2v) is 7.64. The molecule has 1 aliphatic rings. The molecule has 2 N–H and O–H groups in total. The van der Waals surface area contributed by atoms with Crippen LogP contribution in [-0.4, -0.2) is 17.6 Å². The van der Waals surface area contributed by atoms with Gasteiger partial charge < -0.3 is 10.6 Å². The molecule has 0 saturated heterocycles. The molecule has 0 fully saturated rings. The number of rotatable bonds is 5. The van der Waals surface area contributed by atoms with E-state index < -0.39 is 17.2 Å². The molecule has 6 nitrogen and oxygen atoms in total. The minimum atomic E-state index is -0.949. The van der Waals surface area contributed by atoms with Gasteiger partial charge in [0, 0.05) is 17.0 Å². The van der Waals surface area contributed by atoms with E-state index in [0.717, 1.165) is 17.3 Å². The predicted molar refractivity (Wildman–Crippen MR) is 99.4 cm³/mol. The molecule has 1 heterocycles. The Morgan fingerprint density at radius 2 is 2.08 bits per heavy atom. The Morgan fingerprint density at radius 1 is 1.38 bits per heavy atom. The summed E-state index contributed by atoms with van der Waals surface area (Å²) >= 11 is 7.11. The topological polar surface area (TPSA) is 106 Å². The van der Waals surface area contributed by atoms with E-state index in [1.807, 2.05) is 18.2 Å². The van der Waals surface area contributed by atoms with Crippen molar-refractivity contribution < 1.29 is 9.59 Å². The summed E-state index contributed by atoms with van der Waals surface area (Å²) in [5, 5.41) is 24.8. The first-order chi connectivity index (χ1) is 12.3. The minimum absolute atomic E-state index is 0.0263. The van der Waals surface area contributed by atoms with Crippen molar-refractivity contribution >= 4 is 35.2 Å². The van der Waals surface area contributed by atoms with E-state index in [0.29, 0.717) is 15.6 Å². The van der Waals surface area contributed by atoms with Gasteiger partial charge in [0.05, 0.1) is 28.5 Å². The standard InChI is InChI=1S/C18H17ClN4O2S/c1-18(2)12(7-20)16(25)23-17(13(18)8-21)26-10-15(24)22-9-11-5-3-4-6-14(11)19/h3-6,12H,9-10H2,1-2H3,(H,22,24)(H,23,25)/t12-/m1/s1. The lowest BCUT2D eigenvalue weighted by molar-refractivity contribution is -0.125. The number of thioether (sulfide) groups is 1. The molecule has 134 valence electrons. The lowest BCUT2D eigenvalue weighted by Gasteiger charge is -2.34. The third-order valence-electron chi connectivity index (χ3n) is 4.11. The van der Waals surface area contributed by atoms with Crippen LogP contribution in [0.25, 0.3) is 0 Å². The summed E-state index contributed by atoms with van der Waals surface area (Å²) in [7, 11) is 0. The van der Waals surface area contributed by atoms with E-state index in [9.17, 15) is 20.1 Å². The average molecular weight is 389 g/mol. The summed E-state index contributed by atoms with van der Waals surface area (Å²) in [6.07, 6.45) is 0. The minimum Gasteiger partial charge on any atom is -0.351 e. The molecule has 26 heavy (non-hydrogen) atoms.